The maximum atomic E-state index is 11.9. The van der Waals surface area contributed by atoms with Gasteiger partial charge in [0.25, 0.3) is 0 Å². The highest BCUT2D eigenvalue weighted by molar-refractivity contribution is 9.10. The molecule has 0 heterocycles. The molecule has 1 N–H and O–H groups in total. The Morgan fingerprint density at radius 2 is 2.00 bits per heavy atom. The van der Waals surface area contributed by atoms with E-state index in [0.29, 0.717) is 6.54 Å². The Kier molecular flexibility index (Phi) is 5.81. The van der Waals surface area contributed by atoms with E-state index < -0.39 is 12.7 Å². The quantitative estimate of drug-likeness (QED) is 0.894. The van der Waals surface area contributed by atoms with Crippen LogP contribution in [0.1, 0.15) is 5.56 Å². The molecule has 0 aliphatic rings. The van der Waals surface area contributed by atoms with Gasteiger partial charge in [0.1, 0.15) is 0 Å². The Labute approximate surface area is 117 Å². The molecule has 1 amide bonds. The molecule has 0 aliphatic heterocycles. The number of hydrogen-bond donors (Lipinski definition) is 1. The summed E-state index contributed by atoms with van der Waals surface area (Å²) >= 11 is 3.35. The van der Waals surface area contributed by atoms with E-state index in [1.807, 2.05) is 24.3 Å². The molecule has 0 spiro atoms. The van der Waals surface area contributed by atoms with Crippen molar-refractivity contribution in [1.29, 1.82) is 0 Å². The fourth-order valence-corrected chi connectivity index (χ4v) is 1.83. The molecule has 1 aromatic carbocycles. The summed E-state index contributed by atoms with van der Waals surface area (Å²) in [5.74, 6) is -0.389. The summed E-state index contributed by atoms with van der Waals surface area (Å²) in [4.78, 5) is 13.0. The molecule has 0 bridgehead atoms. The van der Waals surface area contributed by atoms with Gasteiger partial charge in [-0.25, -0.2) is 0 Å². The third-order valence-electron chi connectivity index (χ3n) is 2.39. The number of carbonyl (C=O) groups is 1. The molecule has 7 heteroatoms. The number of alkyl halides is 3. The first-order valence-electron chi connectivity index (χ1n) is 5.54. The number of carbonyl (C=O) groups excluding carboxylic acids is 1. The molecule has 106 valence electrons. The SMILES string of the molecule is CN(Cc1ccccc1Br)C(=O)CNCC(F)(F)F. The van der Waals surface area contributed by atoms with Crippen molar-refractivity contribution in [3.8, 4) is 0 Å². The lowest BCUT2D eigenvalue weighted by atomic mass is 10.2. The zero-order valence-electron chi connectivity index (χ0n) is 10.3. The number of nitrogens with zero attached hydrogens (tertiary/aromatic N) is 1. The fraction of sp³-hybridized carbons (Fsp3) is 0.417. The van der Waals surface area contributed by atoms with E-state index in [4.69, 9.17) is 0 Å². The van der Waals surface area contributed by atoms with E-state index >= 15 is 0 Å². The van der Waals surface area contributed by atoms with Crippen LogP contribution in [0.25, 0.3) is 0 Å². The number of halogens is 4. The van der Waals surface area contributed by atoms with Gasteiger partial charge in [-0.2, -0.15) is 13.2 Å². The van der Waals surface area contributed by atoms with E-state index in [1.165, 1.54) is 4.90 Å². The standard InChI is InChI=1S/C12H14BrF3N2O/c1-18(7-9-4-2-3-5-10(9)13)11(19)6-17-8-12(14,15)16/h2-5,17H,6-8H2,1H3. The van der Waals surface area contributed by atoms with Crippen molar-refractivity contribution in [2.45, 2.75) is 12.7 Å². The molecule has 1 rings (SSSR count). The van der Waals surface area contributed by atoms with Gasteiger partial charge in [0.15, 0.2) is 0 Å². The normalized spacial score (nSPS) is 11.4. The number of rotatable bonds is 5. The molecule has 0 aliphatic carbocycles. The smallest absolute Gasteiger partial charge is 0.340 e. The number of likely N-dealkylation sites (N-methyl/N-ethyl adjacent to an activating group) is 1. The zero-order chi connectivity index (χ0) is 14.5. The number of hydrogen-bond acceptors (Lipinski definition) is 2. The van der Waals surface area contributed by atoms with Crippen LogP contribution in [-0.4, -0.2) is 37.1 Å². The van der Waals surface area contributed by atoms with Crippen LogP contribution < -0.4 is 5.32 Å². The molecule has 0 atom stereocenters. The Morgan fingerprint density at radius 1 is 1.37 bits per heavy atom. The Morgan fingerprint density at radius 3 is 2.58 bits per heavy atom. The Balaban J connectivity index is 2.43. The molecule has 1 aromatic rings. The van der Waals surface area contributed by atoms with Gasteiger partial charge >= 0.3 is 6.18 Å². The van der Waals surface area contributed by atoms with Crippen molar-refractivity contribution < 1.29 is 18.0 Å². The van der Waals surface area contributed by atoms with Gasteiger partial charge in [0, 0.05) is 18.1 Å². The van der Waals surface area contributed by atoms with E-state index in [9.17, 15) is 18.0 Å². The average Bonchev–Trinajstić information content (AvgIpc) is 2.30. The summed E-state index contributed by atoms with van der Waals surface area (Å²) < 4.78 is 36.6. The second-order valence-corrected chi connectivity index (χ2v) is 4.91. The summed E-state index contributed by atoms with van der Waals surface area (Å²) in [7, 11) is 1.55. The van der Waals surface area contributed by atoms with Gasteiger partial charge in [-0.15, -0.1) is 0 Å². The van der Waals surface area contributed by atoms with Gasteiger partial charge in [-0.05, 0) is 11.6 Å². The van der Waals surface area contributed by atoms with Crippen LogP contribution in [0.4, 0.5) is 13.2 Å². The minimum atomic E-state index is -4.30. The minimum absolute atomic E-state index is 0.333. The highest BCUT2D eigenvalue weighted by Crippen LogP contribution is 2.17. The van der Waals surface area contributed by atoms with E-state index in [-0.39, 0.29) is 12.5 Å². The lowest BCUT2D eigenvalue weighted by Gasteiger charge is -2.18. The molecule has 3 nitrogen and oxygen atoms in total. The van der Waals surface area contributed by atoms with Crippen LogP contribution in [0.5, 0.6) is 0 Å². The lowest BCUT2D eigenvalue weighted by molar-refractivity contribution is -0.133. The maximum absolute atomic E-state index is 11.9. The predicted octanol–water partition coefficient (Wildman–Crippen LogP) is 2.56. The monoisotopic (exact) mass is 338 g/mol. The second kappa shape index (κ2) is 6.91. The number of benzene rings is 1. The summed E-state index contributed by atoms with van der Waals surface area (Å²) in [6.07, 6.45) is -4.30. The van der Waals surface area contributed by atoms with Crippen molar-refractivity contribution in [2.24, 2.45) is 0 Å². The molecule has 0 radical (unpaired) electrons. The van der Waals surface area contributed by atoms with Crippen LogP contribution in [0.3, 0.4) is 0 Å². The van der Waals surface area contributed by atoms with E-state index in [0.717, 1.165) is 10.0 Å². The van der Waals surface area contributed by atoms with Gasteiger partial charge in [0.05, 0.1) is 13.1 Å². The van der Waals surface area contributed by atoms with Crippen molar-refractivity contribution in [2.75, 3.05) is 20.1 Å². The van der Waals surface area contributed by atoms with Crippen molar-refractivity contribution >= 4 is 21.8 Å². The average molecular weight is 339 g/mol. The van der Waals surface area contributed by atoms with Gasteiger partial charge < -0.3 is 10.2 Å². The highest BCUT2D eigenvalue weighted by atomic mass is 79.9. The van der Waals surface area contributed by atoms with Crippen LogP contribution in [0, 0.1) is 0 Å². The largest absolute Gasteiger partial charge is 0.401 e. The summed E-state index contributed by atoms with van der Waals surface area (Å²) in [6, 6.07) is 7.37. The molecule has 19 heavy (non-hydrogen) atoms. The third-order valence-corrected chi connectivity index (χ3v) is 3.17. The van der Waals surface area contributed by atoms with E-state index in [2.05, 4.69) is 21.2 Å². The van der Waals surface area contributed by atoms with Gasteiger partial charge in [-0.1, -0.05) is 34.1 Å². The van der Waals surface area contributed by atoms with Crippen LogP contribution in [0.15, 0.2) is 28.7 Å². The Bertz CT molecular complexity index is 437. The maximum Gasteiger partial charge on any atom is 0.401 e. The zero-order valence-corrected chi connectivity index (χ0v) is 11.9. The second-order valence-electron chi connectivity index (χ2n) is 4.06. The molecule has 0 fully saturated rings. The highest BCUT2D eigenvalue weighted by Gasteiger charge is 2.26. The molecule has 0 unspecified atom stereocenters. The molecular weight excluding hydrogens is 325 g/mol. The van der Waals surface area contributed by atoms with Crippen molar-refractivity contribution in [3.05, 3.63) is 34.3 Å². The summed E-state index contributed by atoms with van der Waals surface area (Å²) in [5, 5.41) is 2.08. The topological polar surface area (TPSA) is 32.3 Å². The van der Waals surface area contributed by atoms with Gasteiger partial charge in [0.2, 0.25) is 5.91 Å². The molecule has 0 saturated heterocycles. The third kappa shape index (κ3) is 6.07. The molecule has 0 aromatic heterocycles. The fourth-order valence-electron chi connectivity index (χ4n) is 1.42. The first kappa shape index (κ1) is 16.0. The van der Waals surface area contributed by atoms with Crippen LogP contribution in [0.2, 0.25) is 0 Å². The van der Waals surface area contributed by atoms with Crippen LogP contribution in [-0.2, 0) is 11.3 Å². The van der Waals surface area contributed by atoms with E-state index in [1.54, 1.807) is 7.05 Å². The first-order chi connectivity index (χ1) is 8.79. The molecular formula is C12H14BrF3N2O. The lowest BCUT2D eigenvalue weighted by Crippen LogP contribution is -2.39. The van der Waals surface area contributed by atoms with Gasteiger partial charge in [-0.3, -0.25) is 4.79 Å². The van der Waals surface area contributed by atoms with Crippen molar-refractivity contribution in [1.82, 2.24) is 10.2 Å². The van der Waals surface area contributed by atoms with Crippen molar-refractivity contribution in [3.63, 3.8) is 0 Å². The summed E-state index contributed by atoms with van der Waals surface area (Å²) in [6.45, 7) is -1.16. The first-order valence-corrected chi connectivity index (χ1v) is 6.34. The number of amides is 1. The Hall–Kier alpha value is -1.08. The number of nitrogens with one attached hydrogen (secondary N) is 1. The van der Waals surface area contributed by atoms with Crippen LogP contribution >= 0.6 is 15.9 Å². The summed E-state index contributed by atoms with van der Waals surface area (Å²) in [5.41, 5.74) is 0.897. The molecule has 0 saturated carbocycles. The minimum Gasteiger partial charge on any atom is -0.340 e. The predicted molar refractivity (Wildman–Crippen MR) is 69.5 cm³/mol.